The summed E-state index contributed by atoms with van der Waals surface area (Å²) in [5.74, 6) is -0.0761. The van der Waals surface area contributed by atoms with Crippen LogP contribution in [0.5, 0.6) is 0 Å². The van der Waals surface area contributed by atoms with Crippen LogP contribution < -0.4 is 11.1 Å². The quantitative estimate of drug-likeness (QED) is 0.835. The fraction of sp³-hybridized carbons (Fsp3) is 0.375. The van der Waals surface area contributed by atoms with Crippen molar-refractivity contribution in [2.45, 2.75) is 32.2 Å². The minimum Gasteiger partial charge on any atom is -0.399 e. The van der Waals surface area contributed by atoms with Crippen molar-refractivity contribution in [1.82, 2.24) is 15.1 Å². The molecular formula is C16H21ClN4O. The van der Waals surface area contributed by atoms with Crippen LogP contribution >= 0.6 is 12.4 Å². The Bertz CT molecular complexity index is 695. The molecule has 0 saturated heterocycles. The van der Waals surface area contributed by atoms with E-state index in [2.05, 4.69) is 10.4 Å². The molecule has 2 aromatic rings. The van der Waals surface area contributed by atoms with Gasteiger partial charge in [0, 0.05) is 12.7 Å². The topological polar surface area (TPSA) is 72.9 Å². The lowest BCUT2D eigenvalue weighted by Crippen LogP contribution is -2.32. The number of nitrogen functional groups attached to an aromatic ring is 1. The first-order valence-corrected chi connectivity index (χ1v) is 7.24. The van der Waals surface area contributed by atoms with E-state index >= 15 is 0 Å². The number of nitrogens with two attached hydrogens (primary N) is 1. The monoisotopic (exact) mass is 320 g/mol. The van der Waals surface area contributed by atoms with Crippen molar-refractivity contribution in [2.75, 3.05) is 5.73 Å². The summed E-state index contributed by atoms with van der Waals surface area (Å²) in [7, 11) is 1.79. The molecule has 1 aromatic heterocycles. The lowest BCUT2D eigenvalue weighted by molar-refractivity contribution is 0.0923. The number of anilines is 1. The molecule has 118 valence electrons. The zero-order valence-electron chi connectivity index (χ0n) is 12.8. The van der Waals surface area contributed by atoms with Crippen molar-refractivity contribution in [3.05, 3.63) is 46.8 Å². The average molecular weight is 321 g/mol. The maximum absolute atomic E-state index is 12.4. The molecule has 1 heterocycles. The summed E-state index contributed by atoms with van der Waals surface area (Å²) < 4.78 is 1.62. The van der Waals surface area contributed by atoms with Gasteiger partial charge in [0.25, 0.3) is 5.91 Å². The zero-order chi connectivity index (χ0) is 15.0. The number of hydrogen-bond donors (Lipinski definition) is 2. The second-order valence-corrected chi connectivity index (χ2v) is 5.67. The van der Waals surface area contributed by atoms with E-state index in [0.29, 0.717) is 5.69 Å². The fourth-order valence-corrected chi connectivity index (χ4v) is 3.04. The Morgan fingerprint density at radius 1 is 1.41 bits per heavy atom. The van der Waals surface area contributed by atoms with Crippen molar-refractivity contribution in [2.24, 2.45) is 7.05 Å². The number of aryl methyl sites for hydroxylation is 3. The number of fused-ring (bicyclic) bond motifs is 1. The minimum atomic E-state index is -0.0761. The van der Waals surface area contributed by atoms with Crippen LogP contribution in [0.4, 0.5) is 5.69 Å². The third-order valence-corrected chi connectivity index (χ3v) is 4.02. The first-order chi connectivity index (χ1) is 10.0. The number of halogens is 1. The first-order valence-electron chi connectivity index (χ1n) is 7.24. The molecule has 1 aliphatic carbocycles. The van der Waals surface area contributed by atoms with Gasteiger partial charge >= 0.3 is 0 Å². The molecule has 0 radical (unpaired) electrons. The van der Waals surface area contributed by atoms with E-state index in [0.717, 1.165) is 30.6 Å². The highest BCUT2D eigenvalue weighted by Gasteiger charge is 2.23. The molecule has 0 aliphatic heterocycles. The number of amides is 1. The Hall–Kier alpha value is -2.01. The van der Waals surface area contributed by atoms with Gasteiger partial charge in [-0.15, -0.1) is 12.4 Å². The fourth-order valence-electron chi connectivity index (χ4n) is 3.04. The van der Waals surface area contributed by atoms with E-state index in [9.17, 15) is 4.79 Å². The summed E-state index contributed by atoms with van der Waals surface area (Å²) in [6.45, 7) is 1.88. The Labute approximate surface area is 136 Å². The minimum absolute atomic E-state index is 0. The molecule has 1 aliphatic rings. The molecule has 22 heavy (non-hydrogen) atoms. The van der Waals surface area contributed by atoms with E-state index in [4.69, 9.17) is 5.73 Å². The van der Waals surface area contributed by atoms with Crippen LogP contribution in [0.25, 0.3) is 0 Å². The maximum Gasteiger partial charge on any atom is 0.270 e. The van der Waals surface area contributed by atoms with Gasteiger partial charge < -0.3 is 11.1 Å². The van der Waals surface area contributed by atoms with Crippen LogP contribution in [0.15, 0.2) is 24.3 Å². The Morgan fingerprint density at radius 2 is 2.18 bits per heavy atom. The summed E-state index contributed by atoms with van der Waals surface area (Å²) >= 11 is 0. The van der Waals surface area contributed by atoms with Crippen molar-refractivity contribution >= 4 is 24.0 Å². The Morgan fingerprint density at radius 3 is 2.86 bits per heavy atom. The van der Waals surface area contributed by atoms with Gasteiger partial charge in [-0.1, -0.05) is 6.07 Å². The van der Waals surface area contributed by atoms with E-state index in [1.54, 1.807) is 11.7 Å². The predicted octanol–water partition coefficient (Wildman–Crippen LogP) is 2.54. The number of hydrogen-bond acceptors (Lipinski definition) is 3. The molecular weight excluding hydrogens is 300 g/mol. The molecule has 5 nitrogen and oxygen atoms in total. The van der Waals surface area contributed by atoms with Crippen molar-refractivity contribution in [3.8, 4) is 0 Å². The third-order valence-electron chi connectivity index (χ3n) is 4.02. The zero-order valence-corrected chi connectivity index (χ0v) is 13.6. The van der Waals surface area contributed by atoms with Crippen LogP contribution in [-0.2, 0) is 13.5 Å². The van der Waals surface area contributed by atoms with E-state index < -0.39 is 0 Å². The summed E-state index contributed by atoms with van der Waals surface area (Å²) in [5.41, 5.74) is 10.5. The number of nitrogens with one attached hydrogen (secondary N) is 1. The summed E-state index contributed by atoms with van der Waals surface area (Å²) in [4.78, 5) is 12.4. The highest BCUT2D eigenvalue weighted by molar-refractivity contribution is 5.93. The van der Waals surface area contributed by atoms with Gasteiger partial charge in [0.2, 0.25) is 0 Å². The van der Waals surface area contributed by atoms with Crippen LogP contribution in [-0.4, -0.2) is 15.7 Å². The number of carbonyl (C=O) groups is 1. The second kappa shape index (κ2) is 6.40. The van der Waals surface area contributed by atoms with E-state index in [1.165, 1.54) is 11.1 Å². The van der Waals surface area contributed by atoms with Gasteiger partial charge in [-0.25, -0.2) is 0 Å². The highest BCUT2D eigenvalue weighted by Crippen LogP contribution is 2.31. The summed E-state index contributed by atoms with van der Waals surface area (Å²) in [6, 6.07) is 7.81. The number of aromatic nitrogens is 2. The van der Waals surface area contributed by atoms with Crippen LogP contribution in [0.1, 0.15) is 46.2 Å². The molecule has 0 fully saturated rings. The number of benzene rings is 1. The molecule has 6 heteroatoms. The standard InChI is InChI=1S/C16H20N4O.ClH/c1-10-8-15(20(2)19-10)16(21)18-14-5-3-4-11-9-12(17)6-7-13(11)14;/h6-9,14H,3-5,17H2,1-2H3,(H,18,21);1H. The Balaban J connectivity index is 0.00000176. The number of nitrogens with zero attached hydrogens (tertiary/aromatic N) is 2. The van der Waals surface area contributed by atoms with Gasteiger partial charge in [0.15, 0.2) is 0 Å². The summed E-state index contributed by atoms with van der Waals surface area (Å²) in [5, 5.41) is 7.34. The van der Waals surface area contributed by atoms with E-state index in [-0.39, 0.29) is 24.4 Å². The van der Waals surface area contributed by atoms with Gasteiger partial charge in [0.1, 0.15) is 5.69 Å². The molecule has 1 atom stereocenters. The van der Waals surface area contributed by atoms with Crippen LogP contribution in [0, 0.1) is 6.92 Å². The molecule has 1 amide bonds. The third kappa shape index (κ3) is 3.09. The normalized spacial score (nSPS) is 16.5. The predicted molar refractivity (Wildman–Crippen MR) is 89.2 cm³/mol. The largest absolute Gasteiger partial charge is 0.399 e. The Kier molecular flexibility index (Phi) is 4.76. The van der Waals surface area contributed by atoms with E-state index in [1.807, 2.05) is 31.2 Å². The lowest BCUT2D eigenvalue weighted by atomic mass is 9.87. The lowest BCUT2D eigenvalue weighted by Gasteiger charge is -2.26. The molecule has 0 spiro atoms. The second-order valence-electron chi connectivity index (χ2n) is 5.67. The smallest absolute Gasteiger partial charge is 0.270 e. The molecule has 1 aromatic carbocycles. The van der Waals surface area contributed by atoms with Gasteiger partial charge in [-0.2, -0.15) is 5.10 Å². The van der Waals surface area contributed by atoms with Crippen molar-refractivity contribution in [1.29, 1.82) is 0 Å². The van der Waals surface area contributed by atoms with Crippen LogP contribution in [0.3, 0.4) is 0 Å². The summed E-state index contributed by atoms with van der Waals surface area (Å²) in [6.07, 6.45) is 3.04. The molecule has 0 saturated carbocycles. The first kappa shape index (κ1) is 16.4. The molecule has 3 rings (SSSR count). The van der Waals surface area contributed by atoms with Crippen molar-refractivity contribution in [3.63, 3.8) is 0 Å². The number of rotatable bonds is 2. The highest BCUT2D eigenvalue weighted by atomic mass is 35.5. The van der Waals surface area contributed by atoms with Gasteiger partial charge in [-0.3, -0.25) is 9.48 Å². The number of carbonyl (C=O) groups excluding carboxylic acids is 1. The molecule has 0 bridgehead atoms. The maximum atomic E-state index is 12.4. The van der Waals surface area contributed by atoms with Gasteiger partial charge in [-0.05, 0) is 55.5 Å². The molecule has 3 N–H and O–H groups in total. The van der Waals surface area contributed by atoms with Crippen LogP contribution in [0.2, 0.25) is 0 Å². The average Bonchev–Trinajstić information content (AvgIpc) is 2.77. The molecule has 1 unspecified atom stereocenters. The van der Waals surface area contributed by atoms with Crippen molar-refractivity contribution < 1.29 is 4.79 Å². The van der Waals surface area contributed by atoms with Gasteiger partial charge in [0.05, 0.1) is 11.7 Å². The SMILES string of the molecule is Cc1cc(C(=O)NC2CCCc3cc(N)ccc32)n(C)n1.Cl.